The number of benzene rings is 3. The highest BCUT2D eigenvalue weighted by atomic mass is 79.9. The molecular weight excluding hydrogens is 486 g/mol. The molecule has 1 heterocycles. The van der Waals surface area contributed by atoms with E-state index in [2.05, 4.69) is 20.5 Å². The zero-order valence-electron chi connectivity index (χ0n) is 18.7. The maximum atomic E-state index is 13.0. The van der Waals surface area contributed by atoms with Gasteiger partial charge in [0, 0.05) is 32.0 Å². The van der Waals surface area contributed by atoms with Gasteiger partial charge in [-0.25, -0.2) is 9.59 Å². The first-order chi connectivity index (χ1) is 16.0. The van der Waals surface area contributed by atoms with Crippen LogP contribution in [0.1, 0.15) is 29.9 Å². The molecule has 0 aliphatic rings. The van der Waals surface area contributed by atoms with Gasteiger partial charge in [-0.1, -0.05) is 40.2 Å². The molecule has 0 radical (unpaired) electrons. The lowest BCUT2D eigenvalue weighted by Gasteiger charge is -2.13. The highest BCUT2D eigenvalue weighted by Gasteiger charge is 2.25. The Morgan fingerprint density at radius 2 is 1.58 bits per heavy atom. The quantitative estimate of drug-likeness (QED) is 0.287. The zero-order chi connectivity index (χ0) is 23.5. The van der Waals surface area contributed by atoms with Crippen LogP contribution in [-0.2, 0) is 14.3 Å². The van der Waals surface area contributed by atoms with E-state index in [4.69, 9.17) is 14.2 Å². The Bertz CT molecular complexity index is 1340. The summed E-state index contributed by atoms with van der Waals surface area (Å²) in [6.45, 7) is 5.77. The molecule has 4 aromatic rings. The second-order valence-corrected chi connectivity index (χ2v) is 8.32. The van der Waals surface area contributed by atoms with Gasteiger partial charge in [0.15, 0.2) is 6.61 Å². The van der Waals surface area contributed by atoms with Crippen molar-refractivity contribution in [2.75, 3.05) is 19.8 Å². The summed E-state index contributed by atoms with van der Waals surface area (Å²) in [6, 6.07) is 17.5. The minimum absolute atomic E-state index is 0.218. The van der Waals surface area contributed by atoms with E-state index in [1.165, 1.54) is 0 Å². The second-order valence-electron chi connectivity index (χ2n) is 7.40. The van der Waals surface area contributed by atoms with Crippen molar-refractivity contribution in [2.24, 2.45) is 0 Å². The minimum atomic E-state index is -0.448. The van der Waals surface area contributed by atoms with E-state index in [0.717, 1.165) is 32.1 Å². The first-order valence-electron chi connectivity index (χ1n) is 10.7. The molecule has 7 heteroatoms. The summed E-state index contributed by atoms with van der Waals surface area (Å²) in [5, 5.41) is 2.43. The van der Waals surface area contributed by atoms with Gasteiger partial charge >= 0.3 is 11.9 Å². The van der Waals surface area contributed by atoms with E-state index < -0.39 is 11.9 Å². The van der Waals surface area contributed by atoms with Gasteiger partial charge in [-0.15, -0.1) is 0 Å². The summed E-state index contributed by atoms with van der Waals surface area (Å²) < 4.78 is 19.3. The highest BCUT2D eigenvalue weighted by Crippen LogP contribution is 2.39. The molecule has 0 fully saturated rings. The van der Waals surface area contributed by atoms with Crippen LogP contribution in [-0.4, -0.2) is 36.3 Å². The van der Waals surface area contributed by atoms with Crippen molar-refractivity contribution in [1.29, 1.82) is 0 Å². The van der Waals surface area contributed by atoms with E-state index in [1.54, 1.807) is 13.8 Å². The maximum absolute atomic E-state index is 13.0. The van der Waals surface area contributed by atoms with Gasteiger partial charge in [0.1, 0.15) is 5.75 Å². The van der Waals surface area contributed by atoms with Crippen molar-refractivity contribution in [3.8, 4) is 11.4 Å². The number of esters is 2. The number of ether oxygens (including phenoxy) is 3. The number of carbonyl (C=O) groups is 2. The Hall–Kier alpha value is -3.32. The van der Waals surface area contributed by atoms with Crippen LogP contribution < -0.4 is 4.74 Å². The lowest BCUT2D eigenvalue weighted by molar-refractivity contribution is -0.145. The van der Waals surface area contributed by atoms with Gasteiger partial charge in [0.2, 0.25) is 0 Å². The first-order valence-corrected chi connectivity index (χ1v) is 11.5. The number of hydrogen-bond donors (Lipinski definition) is 0. The molecule has 0 bridgehead atoms. The van der Waals surface area contributed by atoms with Crippen LogP contribution >= 0.6 is 15.9 Å². The molecule has 0 spiro atoms. The van der Waals surface area contributed by atoms with E-state index >= 15 is 0 Å². The molecule has 0 unspecified atom stereocenters. The van der Waals surface area contributed by atoms with Gasteiger partial charge in [0.05, 0.1) is 24.3 Å². The molecule has 0 saturated heterocycles. The number of fused-ring (bicyclic) bond motifs is 3. The number of hydrogen-bond acceptors (Lipinski definition) is 5. The van der Waals surface area contributed by atoms with E-state index in [1.807, 2.05) is 61.5 Å². The van der Waals surface area contributed by atoms with Crippen molar-refractivity contribution in [3.63, 3.8) is 0 Å². The molecule has 170 valence electrons. The predicted octanol–water partition coefficient (Wildman–Crippen LogP) is 5.97. The van der Waals surface area contributed by atoms with Crippen LogP contribution in [0.5, 0.6) is 5.75 Å². The zero-order valence-corrected chi connectivity index (χ0v) is 20.3. The fourth-order valence-electron chi connectivity index (χ4n) is 4.07. The fourth-order valence-corrected chi connectivity index (χ4v) is 4.33. The molecule has 3 aromatic carbocycles. The highest BCUT2D eigenvalue weighted by molar-refractivity contribution is 9.10. The third-order valence-corrected chi connectivity index (χ3v) is 5.91. The molecule has 0 aliphatic heterocycles. The van der Waals surface area contributed by atoms with Crippen molar-refractivity contribution < 1.29 is 23.8 Å². The summed E-state index contributed by atoms with van der Waals surface area (Å²) in [7, 11) is 0. The fraction of sp³-hybridized carbons (Fsp3) is 0.231. The van der Waals surface area contributed by atoms with Gasteiger partial charge in [0.25, 0.3) is 0 Å². The standard InChI is InChI=1S/C26H24BrNO5/c1-4-31-23(29)15-33-22-14-21-24(26(30)32-5-2)16(3)28(18-12-10-17(27)11-13-18)25(21)20-9-7-6-8-19(20)22/h6-14H,4-5,15H2,1-3H3. The largest absolute Gasteiger partial charge is 0.481 e. The van der Waals surface area contributed by atoms with Crippen LogP contribution in [0.15, 0.2) is 59.1 Å². The molecule has 1 aromatic heterocycles. The van der Waals surface area contributed by atoms with Gasteiger partial charge in [-0.2, -0.15) is 0 Å². The summed E-state index contributed by atoms with van der Waals surface area (Å²) in [5.41, 5.74) is 3.03. The van der Waals surface area contributed by atoms with Crippen LogP contribution in [0.3, 0.4) is 0 Å². The second kappa shape index (κ2) is 9.67. The maximum Gasteiger partial charge on any atom is 0.344 e. The summed E-state index contributed by atoms with van der Waals surface area (Å²) >= 11 is 3.49. The van der Waals surface area contributed by atoms with Crippen LogP contribution in [0.25, 0.3) is 27.4 Å². The number of halogens is 1. The Labute approximate surface area is 200 Å². The predicted molar refractivity (Wildman–Crippen MR) is 131 cm³/mol. The Kier molecular flexibility index (Phi) is 6.70. The Balaban J connectivity index is 2.02. The third kappa shape index (κ3) is 4.33. The lowest BCUT2D eigenvalue weighted by atomic mass is 10.0. The van der Waals surface area contributed by atoms with Gasteiger partial charge in [-0.05, 0) is 51.1 Å². The third-order valence-electron chi connectivity index (χ3n) is 5.38. The van der Waals surface area contributed by atoms with Gasteiger partial charge < -0.3 is 18.8 Å². The smallest absolute Gasteiger partial charge is 0.344 e. The summed E-state index contributed by atoms with van der Waals surface area (Å²) in [4.78, 5) is 24.9. The molecule has 6 nitrogen and oxygen atoms in total. The van der Waals surface area contributed by atoms with Crippen molar-refractivity contribution >= 4 is 49.5 Å². The van der Waals surface area contributed by atoms with Crippen LogP contribution in [0, 0.1) is 6.92 Å². The molecule has 33 heavy (non-hydrogen) atoms. The molecule has 0 amide bonds. The van der Waals surface area contributed by atoms with Crippen molar-refractivity contribution in [2.45, 2.75) is 20.8 Å². The van der Waals surface area contributed by atoms with E-state index in [9.17, 15) is 9.59 Å². The number of aromatic nitrogens is 1. The molecular formula is C26H24BrNO5. The molecule has 0 atom stereocenters. The number of rotatable bonds is 7. The average Bonchev–Trinajstić information content (AvgIpc) is 3.10. The Morgan fingerprint density at radius 3 is 2.24 bits per heavy atom. The molecule has 4 rings (SSSR count). The van der Waals surface area contributed by atoms with E-state index in [0.29, 0.717) is 16.7 Å². The lowest BCUT2D eigenvalue weighted by Crippen LogP contribution is -2.14. The number of nitrogens with zero attached hydrogens (tertiary/aromatic N) is 1. The van der Waals surface area contributed by atoms with Crippen molar-refractivity contribution in [1.82, 2.24) is 4.57 Å². The van der Waals surface area contributed by atoms with Crippen molar-refractivity contribution in [3.05, 3.63) is 70.3 Å². The van der Waals surface area contributed by atoms with Crippen LogP contribution in [0.2, 0.25) is 0 Å². The van der Waals surface area contributed by atoms with Crippen LogP contribution in [0.4, 0.5) is 0 Å². The monoisotopic (exact) mass is 509 g/mol. The van der Waals surface area contributed by atoms with Gasteiger partial charge in [-0.3, -0.25) is 0 Å². The molecule has 0 aliphatic carbocycles. The average molecular weight is 510 g/mol. The minimum Gasteiger partial charge on any atom is -0.481 e. The molecule has 0 N–H and O–H groups in total. The topological polar surface area (TPSA) is 66.8 Å². The SMILES string of the molecule is CCOC(=O)COc1cc2c(C(=O)OCC)c(C)n(-c3ccc(Br)cc3)c2c2ccccc12. The summed E-state index contributed by atoms with van der Waals surface area (Å²) in [6.07, 6.45) is 0. The molecule has 0 saturated carbocycles. The summed E-state index contributed by atoms with van der Waals surface area (Å²) in [5.74, 6) is -0.344. The first kappa shape index (κ1) is 22.9. The Morgan fingerprint density at radius 1 is 0.909 bits per heavy atom. The normalized spacial score (nSPS) is 11.0. The number of carbonyl (C=O) groups excluding carboxylic acids is 2. The van der Waals surface area contributed by atoms with E-state index in [-0.39, 0.29) is 19.8 Å².